The molecule has 0 radical (unpaired) electrons. The lowest BCUT2D eigenvalue weighted by atomic mass is 10.2. The fraction of sp³-hybridized carbons (Fsp3) is 1.00. The van der Waals surface area contributed by atoms with Gasteiger partial charge in [-0.25, -0.2) is 0 Å². The van der Waals surface area contributed by atoms with Crippen molar-refractivity contribution in [2.24, 2.45) is 0 Å². The van der Waals surface area contributed by atoms with Gasteiger partial charge >= 0.3 is 0 Å². The van der Waals surface area contributed by atoms with Crippen molar-refractivity contribution in [2.45, 2.75) is 25.7 Å². The van der Waals surface area contributed by atoms with Crippen LogP contribution in [0.25, 0.3) is 0 Å². The smallest absolute Gasteiger partial charge is 0.0739 e. The molecule has 0 spiro atoms. The third kappa shape index (κ3) is 8.31. The molecule has 0 aliphatic carbocycles. The number of rotatable bonds is 6. The molecule has 0 aromatic rings. The quantitative estimate of drug-likeness (QED) is 0.562. The number of thioether (sulfide) groups is 1. The molecular weight excluding hydrogens is 130 g/mol. The van der Waals surface area contributed by atoms with Crippen LogP contribution in [0.2, 0.25) is 0 Å². The van der Waals surface area contributed by atoms with Gasteiger partial charge in [-0.2, -0.15) is 11.8 Å². The lowest BCUT2D eigenvalue weighted by molar-refractivity contribution is -0.368. The normalized spacial score (nSPS) is 10.0. The van der Waals surface area contributed by atoms with E-state index in [4.69, 9.17) is 0 Å². The second-order valence-corrected chi connectivity index (χ2v) is 3.25. The Bertz CT molecular complexity index is 42.2. The maximum atomic E-state index is 3.80. The highest BCUT2D eigenvalue weighted by molar-refractivity contribution is 7.98. The van der Waals surface area contributed by atoms with E-state index in [2.05, 4.69) is 12.0 Å². The van der Waals surface area contributed by atoms with Gasteiger partial charge in [-0.05, 0) is 31.3 Å². The highest BCUT2D eigenvalue weighted by Crippen LogP contribution is 2.02. The van der Waals surface area contributed by atoms with Crippen LogP contribution in [0.1, 0.15) is 25.7 Å². The van der Waals surface area contributed by atoms with Crippen molar-refractivity contribution in [3.05, 3.63) is 0 Å². The maximum absolute atomic E-state index is 3.80. The predicted molar refractivity (Wildman–Crippen MR) is 44.6 cm³/mol. The van der Waals surface area contributed by atoms with E-state index >= 15 is 0 Å². The number of quaternary nitrogens is 1. The molecule has 0 rings (SSSR count). The maximum Gasteiger partial charge on any atom is 0.0739 e. The monoisotopic (exact) mass is 148 g/mol. The van der Waals surface area contributed by atoms with Crippen molar-refractivity contribution in [3.8, 4) is 0 Å². The van der Waals surface area contributed by atoms with Crippen molar-refractivity contribution >= 4 is 11.8 Å². The SMILES string of the molecule is CSCCCCCC[NH3+]. The van der Waals surface area contributed by atoms with Gasteiger partial charge in [0, 0.05) is 0 Å². The van der Waals surface area contributed by atoms with Crippen LogP contribution in [-0.4, -0.2) is 18.6 Å². The second kappa shape index (κ2) is 8.31. The lowest BCUT2D eigenvalue weighted by Gasteiger charge is -1.95. The molecule has 2 heteroatoms. The van der Waals surface area contributed by atoms with Crippen LogP contribution in [0.3, 0.4) is 0 Å². The zero-order valence-corrected chi connectivity index (χ0v) is 7.17. The number of unbranched alkanes of at least 4 members (excludes halogenated alkanes) is 3. The zero-order valence-electron chi connectivity index (χ0n) is 6.36. The van der Waals surface area contributed by atoms with Gasteiger partial charge in [-0.15, -0.1) is 0 Å². The molecule has 1 nitrogen and oxygen atoms in total. The first-order valence-electron chi connectivity index (χ1n) is 3.70. The summed E-state index contributed by atoms with van der Waals surface area (Å²) >= 11 is 1.94. The Hall–Kier alpha value is 0.310. The van der Waals surface area contributed by atoms with Crippen LogP contribution < -0.4 is 5.73 Å². The molecule has 0 fully saturated rings. The highest BCUT2D eigenvalue weighted by Gasteiger charge is 1.87. The minimum absolute atomic E-state index is 1.11. The summed E-state index contributed by atoms with van der Waals surface area (Å²) in [6.07, 6.45) is 7.65. The average Bonchev–Trinajstić information content (AvgIpc) is 1.89. The van der Waals surface area contributed by atoms with Gasteiger partial charge in [0.05, 0.1) is 6.54 Å². The summed E-state index contributed by atoms with van der Waals surface area (Å²) < 4.78 is 0. The summed E-state index contributed by atoms with van der Waals surface area (Å²) in [5, 5.41) is 0. The number of hydrogen-bond donors (Lipinski definition) is 1. The van der Waals surface area contributed by atoms with Crippen LogP contribution in [0.15, 0.2) is 0 Å². The molecule has 56 valence electrons. The predicted octanol–water partition coefficient (Wildman–Crippen LogP) is 1.15. The molecule has 0 unspecified atom stereocenters. The van der Waals surface area contributed by atoms with Gasteiger partial charge in [0.2, 0.25) is 0 Å². The van der Waals surface area contributed by atoms with Crippen LogP contribution in [0, 0.1) is 0 Å². The van der Waals surface area contributed by atoms with Crippen LogP contribution in [-0.2, 0) is 0 Å². The molecule has 0 aromatic carbocycles. The van der Waals surface area contributed by atoms with E-state index in [0.29, 0.717) is 0 Å². The van der Waals surface area contributed by atoms with Crippen LogP contribution in [0.5, 0.6) is 0 Å². The Kier molecular flexibility index (Phi) is 8.60. The fourth-order valence-corrected chi connectivity index (χ4v) is 1.27. The summed E-state index contributed by atoms with van der Waals surface area (Å²) in [6, 6.07) is 0. The fourth-order valence-electron chi connectivity index (χ4n) is 0.777. The average molecular weight is 148 g/mol. The van der Waals surface area contributed by atoms with Gasteiger partial charge in [0.1, 0.15) is 0 Å². The standard InChI is InChI=1S/C7H17NS/c1-9-7-5-3-2-4-6-8/h2-8H2,1H3/p+1. The third-order valence-corrected chi connectivity index (χ3v) is 2.05. The Balaban J connectivity index is 2.60. The molecule has 0 saturated carbocycles. The van der Waals surface area contributed by atoms with Crippen molar-refractivity contribution in [1.29, 1.82) is 0 Å². The van der Waals surface area contributed by atoms with Gasteiger partial charge in [0.15, 0.2) is 0 Å². The Labute approximate surface area is 62.4 Å². The van der Waals surface area contributed by atoms with E-state index in [1.165, 1.54) is 31.4 Å². The Morgan fingerprint density at radius 3 is 2.33 bits per heavy atom. The first-order chi connectivity index (χ1) is 4.41. The van der Waals surface area contributed by atoms with Crippen LogP contribution in [0.4, 0.5) is 0 Å². The van der Waals surface area contributed by atoms with E-state index in [0.717, 1.165) is 6.54 Å². The van der Waals surface area contributed by atoms with E-state index in [9.17, 15) is 0 Å². The zero-order chi connectivity index (χ0) is 6.95. The summed E-state index contributed by atoms with van der Waals surface area (Å²) in [5.74, 6) is 1.33. The van der Waals surface area contributed by atoms with Crippen LogP contribution >= 0.6 is 11.8 Å². The van der Waals surface area contributed by atoms with Crippen molar-refractivity contribution in [3.63, 3.8) is 0 Å². The van der Waals surface area contributed by atoms with Gasteiger partial charge in [-0.1, -0.05) is 6.42 Å². The molecule has 0 aromatic heterocycles. The molecule has 0 saturated heterocycles. The number of hydrogen-bond acceptors (Lipinski definition) is 1. The van der Waals surface area contributed by atoms with E-state index in [1.54, 1.807) is 0 Å². The minimum atomic E-state index is 1.11. The summed E-state index contributed by atoms with van der Waals surface area (Å²) in [6.45, 7) is 1.11. The first-order valence-corrected chi connectivity index (χ1v) is 5.09. The molecule has 0 aliphatic heterocycles. The molecule has 0 atom stereocenters. The van der Waals surface area contributed by atoms with Gasteiger partial charge in [0.25, 0.3) is 0 Å². The minimum Gasteiger partial charge on any atom is -0.358 e. The van der Waals surface area contributed by atoms with E-state index in [-0.39, 0.29) is 0 Å². The highest BCUT2D eigenvalue weighted by atomic mass is 32.2. The summed E-state index contributed by atoms with van der Waals surface area (Å²) in [5.41, 5.74) is 3.80. The summed E-state index contributed by atoms with van der Waals surface area (Å²) in [4.78, 5) is 0. The molecule has 0 bridgehead atoms. The van der Waals surface area contributed by atoms with Gasteiger partial charge < -0.3 is 5.73 Å². The molecule has 0 heterocycles. The Morgan fingerprint density at radius 1 is 1.11 bits per heavy atom. The van der Waals surface area contributed by atoms with Crippen molar-refractivity contribution in [2.75, 3.05) is 18.6 Å². The molecule has 3 N–H and O–H groups in total. The molecule has 0 amide bonds. The largest absolute Gasteiger partial charge is 0.358 e. The summed E-state index contributed by atoms with van der Waals surface area (Å²) in [7, 11) is 0. The van der Waals surface area contributed by atoms with Crippen molar-refractivity contribution < 1.29 is 5.73 Å². The second-order valence-electron chi connectivity index (χ2n) is 2.26. The van der Waals surface area contributed by atoms with Crippen molar-refractivity contribution in [1.82, 2.24) is 0 Å². The molecular formula is C7H18NS+. The van der Waals surface area contributed by atoms with E-state index < -0.39 is 0 Å². The topological polar surface area (TPSA) is 27.6 Å². The molecule has 9 heavy (non-hydrogen) atoms. The lowest BCUT2D eigenvalue weighted by Crippen LogP contribution is -2.50. The van der Waals surface area contributed by atoms with E-state index in [1.807, 2.05) is 11.8 Å². The van der Waals surface area contributed by atoms with Gasteiger partial charge in [-0.3, -0.25) is 0 Å². The Morgan fingerprint density at radius 2 is 1.78 bits per heavy atom. The first kappa shape index (κ1) is 9.31. The molecule has 0 aliphatic rings. The third-order valence-electron chi connectivity index (χ3n) is 1.35.